The second-order valence-corrected chi connectivity index (χ2v) is 5.50. The van der Waals surface area contributed by atoms with Crippen LogP contribution in [0.1, 0.15) is 33.1 Å². The number of ether oxygens (including phenoxy) is 1. The monoisotopic (exact) mass is 297 g/mol. The summed E-state index contributed by atoms with van der Waals surface area (Å²) in [6.45, 7) is 4.53. The van der Waals surface area contributed by atoms with Crippen LogP contribution in [0, 0.1) is 6.92 Å². The van der Waals surface area contributed by atoms with E-state index in [1.807, 2.05) is 13.0 Å². The third kappa shape index (κ3) is 2.99. The van der Waals surface area contributed by atoms with Crippen molar-refractivity contribution in [1.29, 1.82) is 0 Å². The molecule has 0 atom stereocenters. The molecule has 114 valence electrons. The highest BCUT2D eigenvalue weighted by molar-refractivity contribution is 5.85. The predicted molar refractivity (Wildman–Crippen MR) is 82.4 cm³/mol. The lowest BCUT2D eigenvalue weighted by atomic mass is 10.0. The Balaban J connectivity index is 1.82. The number of carbonyl (C=O) groups excluding carboxylic acids is 1. The Morgan fingerprint density at radius 3 is 2.77 bits per heavy atom. The second kappa shape index (κ2) is 6.23. The van der Waals surface area contributed by atoms with Crippen molar-refractivity contribution in [2.45, 2.75) is 26.4 Å². The Morgan fingerprint density at radius 1 is 1.27 bits per heavy atom. The number of nitrogens with zero attached hydrogens (tertiary/aromatic N) is 3. The van der Waals surface area contributed by atoms with Gasteiger partial charge in [-0.25, -0.2) is 14.8 Å². The van der Waals surface area contributed by atoms with Gasteiger partial charge in [0, 0.05) is 25.3 Å². The quantitative estimate of drug-likeness (QED) is 0.812. The molecular weight excluding hydrogens is 278 g/mol. The Labute approximate surface area is 130 Å². The fraction of sp³-hybridized carbons (Fsp3) is 0.353. The molecule has 1 aliphatic heterocycles. The van der Waals surface area contributed by atoms with Crippen LogP contribution < -0.4 is 0 Å². The second-order valence-electron chi connectivity index (χ2n) is 5.50. The van der Waals surface area contributed by atoms with E-state index in [4.69, 9.17) is 4.74 Å². The normalized spacial score (nSPS) is 14.5. The molecule has 3 rings (SSSR count). The maximum Gasteiger partial charge on any atom is 0.376 e. The van der Waals surface area contributed by atoms with Gasteiger partial charge in [-0.1, -0.05) is 30.3 Å². The molecule has 5 heteroatoms. The van der Waals surface area contributed by atoms with Crippen LogP contribution >= 0.6 is 0 Å². The van der Waals surface area contributed by atoms with Gasteiger partial charge in [0.2, 0.25) is 5.82 Å². The van der Waals surface area contributed by atoms with E-state index < -0.39 is 5.97 Å². The van der Waals surface area contributed by atoms with E-state index in [1.54, 1.807) is 0 Å². The fourth-order valence-electron chi connectivity index (χ4n) is 2.83. The van der Waals surface area contributed by atoms with Gasteiger partial charge < -0.3 is 4.74 Å². The van der Waals surface area contributed by atoms with Gasteiger partial charge in [-0.2, -0.15) is 0 Å². The van der Waals surface area contributed by atoms with Crippen LogP contribution in [0.15, 0.2) is 30.3 Å². The zero-order valence-electron chi connectivity index (χ0n) is 12.9. The molecule has 1 aliphatic rings. The smallest absolute Gasteiger partial charge is 0.376 e. The van der Waals surface area contributed by atoms with Crippen LogP contribution in [0.5, 0.6) is 0 Å². The maximum atomic E-state index is 11.7. The van der Waals surface area contributed by atoms with Crippen molar-refractivity contribution in [3.63, 3.8) is 0 Å². The predicted octanol–water partition coefficient (Wildman–Crippen LogP) is 2.13. The van der Waals surface area contributed by atoms with Crippen molar-refractivity contribution >= 4 is 5.97 Å². The first-order valence-corrected chi connectivity index (χ1v) is 7.38. The Hall–Kier alpha value is -2.27. The summed E-state index contributed by atoms with van der Waals surface area (Å²) in [6.07, 6.45) is 0.912. The summed E-state index contributed by atoms with van der Waals surface area (Å²) < 4.78 is 4.73. The van der Waals surface area contributed by atoms with E-state index in [0.717, 1.165) is 43.0 Å². The summed E-state index contributed by atoms with van der Waals surface area (Å²) in [4.78, 5) is 22.7. The van der Waals surface area contributed by atoms with Gasteiger partial charge in [0.1, 0.15) is 0 Å². The molecule has 5 nitrogen and oxygen atoms in total. The summed E-state index contributed by atoms with van der Waals surface area (Å²) in [5.41, 5.74) is 4.27. The number of hydrogen-bond donors (Lipinski definition) is 0. The van der Waals surface area contributed by atoms with E-state index in [-0.39, 0.29) is 5.82 Å². The van der Waals surface area contributed by atoms with Crippen molar-refractivity contribution < 1.29 is 9.53 Å². The maximum absolute atomic E-state index is 11.7. The first-order chi connectivity index (χ1) is 10.7. The zero-order valence-corrected chi connectivity index (χ0v) is 12.9. The van der Waals surface area contributed by atoms with Crippen LogP contribution in [-0.4, -0.2) is 34.5 Å². The Bertz CT molecular complexity index is 686. The van der Waals surface area contributed by atoms with E-state index >= 15 is 0 Å². The minimum atomic E-state index is -0.480. The molecule has 0 N–H and O–H groups in total. The zero-order chi connectivity index (χ0) is 15.5. The highest BCUT2D eigenvalue weighted by atomic mass is 16.5. The molecule has 0 spiro atoms. The molecule has 2 heterocycles. The van der Waals surface area contributed by atoms with E-state index in [2.05, 4.69) is 39.1 Å². The van der Waals surface area contributed by atoms with Crippen LogP contribution in [0.2, 0.25) is 0 Å². The van der Waals surface area contributed by atoms with Gasteiger partial charge in [-0.15, -0.1) is 0 Å². The number of esters is 1. The number of hydrogen-bond acceptors (Lipinski definition) is 5. The molecule has 2 aromatic rings. The van der Waals surface area contributed by atoms with E-state index in [9.17, 15) is 4.79 Å². The number of fused-ring (bicyclic) bond motifs is 1. The summed E-state index contributed by atoms with van der Waals surface area (Å²) >= 11 is 0. The molecule has 0 fully saturated rings. The molecule has 0 amide bonds. The lowest BCUT2D eigenvalue weighted by Gasteiger charge is -2.28. The molecule has 0 saturated heterocycles. The highest BCUT2D eigenvalue weighted by Crippen LogP contribution is 2.21. The molecule has 1 aromatic carbocycles. The van der Waals surface area contributed by atoms with Crippen LogP contribution in [-0.2, 0) is 24.2 Å². The third-order valence-corrected chi connectivity index (χ3v) is 3.97. The molecule has 0 unspecified atom stereocenters. The Kier molecular flexibility index (Phi) is 4.15. The van der Waals surface area contributed by atoms with Gasteiger partial charge in [-0.05, 0) is 24.5 Å². The van der Waals surface area contributed by atoms with E-state index in [0.29, 0.717) is 0 Å². The molecule has 0 saturated carbocycles. The summed E-state index contributed by atoms with van der Waals surface area (Å²) in [5.74, 6) is -0.327. The van der Waals surface area contributed by atoms with Crippen molar-refractivity contribution in [2.24, 2.45) is 0 Å². The molecule has 0 bridgehead atoms. The standard InChI is InChI=1S/C17H19N3O2/c1-12-14-8-9-20(10-13-6-4-3-5-7-13)11-15(14)19-16(18-12)17(21)22-2/h3-7H,8-11H2,1-2H3. The summed E-state index contributed by atoms with van der Waals surface area (Å²) in [5, 5.41) is 0. The largest absolute Gasteiger partial charge is 0.463 e. The van der Waals surface area contributed by atoms with Crippen LogP contribution in [0.4, 0.5) is 0 Å². The van der Waals surface area contributed by atoms with E-state index in [1.165, 1.54) is 12.7 Å². The lowest BCUT2D eigenvalue weighted by molar-refractivity contribution is 0.0585. The Morgan fingerprint density at radius 2 is 2.05 bits per heavy atom. The van der Waals surface area contributed by atoms with Gasteiger partial charge in [0.05, 0.1) is 12.8 Å². The number of benzene rings is 1. The average Bonchev–Trinajstić information content (AvgIpc) is 2.54. The molecule has 0 aliphatic carbocycles. The van der Waals surface area contributed by atoms with Gasteiger partial charge >= 0.3 is 5.97 Å². The van der Waals surface area contributed by atoms with Crippen molar-refractivity contribution in [1.82, 2.24) is 14.9 Å². The summed E-state index contributed by atoms with van der Waals surface area (Å²) in [6, 6.07) is 10.4. The molecule has 0 radical (unpaired) electrons. The van der Waals surface area contributed by atoms with Gasteiger partial charge in [-0.3, -0.25) is 4.90 Å². The first-order valence-electron chi connectivity index (χ1n) is 7.38. The number of carbonyl (C=O) groups is 1. The van der Waals surface area contributed by atoms with Crippen molar-refractivity contribution in [3.05, 3.63) is 58.7 Å². The first kappa shape index (κ1) is 14.7. The van der Waals surface area contributed by atoms with Crippen molar-refractivity contribution in [2.75, 3.05) is 13.7 Å². The summed E-state index contributed by atoms with van der Waals surface area (Å²) in [7, 11) is 1.35. The number of rotatable bonds is 3. The minimum Gasteiger partial charge on any atom is -0.463 e. The minimum absolute atomic E-state index is 0.153. The third-order valence-electron chi connectivity index (χ3n) is 3.97. The van der Waals surface area contributed by atoms with Crippen LogP contribution in [0.3, 0.4) is 0 Å². The van der Waals surface area contributed by atoms with Crippen molar-refractivity contribution in [3.8, 4) is 0 Å². The highest BCUT2D eigenvalue weighted by Gasteiger charge is 2.22. The van der Waals surface area contributed by atoms with Gasteiger partial charge in [0.25, 0.3) is 0 Å². The van der Waals surface area contributed by atoms with Crippen LogP contribution in [0.25, 0.3) is 0 Å². The lowest BCUT2D eigenvalue weighted by Crippen LogP contribution is -2.32. The average molecular weight is 297 g/mol. The number of aromatic nitrogens is 2. The fourth-order valence-corrected chi connectivity index (χ4v) is 2.83. The molecule has 22 heavy (non-hydrogen) atoms. The topological polar surface area (TPSA) is 55.3 Å². The number of aryl methyl sites for hydroxylation is 1. The van der Waals surface area contributed by atoms with Gasteiger partial charge in [0.15, 0.2) is 0 Å². The molecule has 1 aromatic heterocycles. The SMILES string of the molecule is COC(=O)c1nc(C)c2c(n1)CN(Cc1ccccc1)CC2. The molecular formula is C17H19N3O2. The number of methoxy groups -OCH3 is 1.